The highest BCUT2D eigenvalue weighted by atomic mass is 79.9. The van der Waals surface area contributed by atoms with Gasteiger partial charge in [-0.15, -0.1) is 0 Å². The van der Waals surface area contributed by atoms with Crippen LogP contribution in [0.25, 0.3) is 0 Å². The maximum Gasteiger partial charge on any atom is 0.255 e. The van der Waals surface area contributed by atoms with Crippen LogP contribution in [-0.2, 0) is 13.6 Å². The highest BCUT2D eigenvalue weighted by Gasteiger charge is 2.11. The molecule has 0 atom stereocenters. The number of ketones is 1. The normalized spacial score (nSPS) is 9.96. The van der Waals surface area contributed by atoms with Gasteiger partial charge in [0.15, 0.2) is 6.54 Å². The summed E-state index contributed by atoms with van der Waals surface area (Å²) in [7, 11) is 1.91. The molecule has 0 fully saturated rings. The molecule has 0 bridgehead atoms. The number of rotatable bonds is 5. The third-order valence-corrected chi connectivity index (χ3v) is 3.65. The van der Waals surface area contributed by atoms with Crippen LogP contribution in [0.3, 0.4) is 0 Å². The molecule has 0 radical (unpaired) electrons. The summed E-state index contributed by atoms with van der Waals surface area (Å²) in [6.07, 6.45) is 5.59. The standard InChI is InChI=1S/C19H17N3O2.BrH/c1-21-11-12-22(14-21)13-18(23)15-7-9-17(10-8-15)20-19(24)16-5-3-2-4-6-16;/h2-12,14H,13H2,1H3;1H. The quantitative estimate of drug-likeness (QED) is 0.462. The lowest BCUT2D eigenvalue weighted by Gasteiger charge is -2.06. The average molecular weight is 400 g/mol. The fourth-order valence-corrected chi connectivity index (χ4v) is 2.38. The first-order valence-electron chi connectivity index (χ1n) is 7.62. The van der Waals surface area contributed by atoms with Crippen molar-refractivity contribution in [2.24, 2.45) is 7.05 Å². The number of Topliss-reactive ketones (excluding diaryl/α,β-unsaturated/α-hetero) is 1. The number of nitrogens with zero attached hydrogens (tertiary/aromatic N) is 2. The van der Waals surface area contributed by atoms with Crippen molar-refractivity contribution < 1.29 is 31.1 Å². The molecule has 0 unspecified atom stereocenters. The summed E-state index contributed by atoms with van der Waals surface area (Å²) < 4.78 is 3.71. The van der Waals surface area contributed by atoms with E-state index in [1.807, 2.05) is 53.1 Å². The molecule has 1 heterocycles. The molecule has 5 nitrogen and oxygen atoms in total. The van der Waals surface area contributed by atoms with Crippen LogP contribution in [-0.4, -0.2) is 16.3 Å². The van der Waals surface area contributed by atoms with Gasteiger partial charge < -0.3 is 22.3 Å². The Morgan fingerprint density at radius 2 is 1.68 bits per heavy atom. The number of aryl methyl sites for hydroxylation is 1. The summed E-state index contributed by atoms with van der Waals surface area (Å²) in [5.41, 5.74) is 1.87. The van der Waals surface area contributed by atoms with Gasteiger partial charge in [-0.1, -0.05) is 18.2 Å². The van der Waals surface area contributed by atoms with E-state index in [2.05, 4.69) is 5.32 Å². The van der Waals surface area contributed by atoms with Gasteiger partial charge in [-0.05, 0) is 36.4 Å². The van der Waals surface area contributed by atoms with Crippen LogP contribution in [0.4, 0.5) is 5.69 Å². The molecule has 0 spiro atoms. The molecule has 2 aromatic carbocycles. The summed E-state index contributed by atoms with van der Waals surface area (Å²) in [6.45, 7) is 0.288. The minimum absolute atomic E-state index is 0. The maximum absolute atomic E-state index is 12.3. The highest BCUT2D eigenvalue weighted by molar-refractivity contribution is 6.04. The van der Waals surface area contributed by atoms with Crippen LogP contribution in [0.1, 0.15) is 20.7 Å². The number of benzene rings is 2. The van der Waals surface area contributed by atoms with E-state index in [0.29, 0.717) is 16.8 Å². The first-order chi connectivity index (χ1) is 11.6. The second kappa shape index (κ2) is 8.39. The molecule has 0 aliphatic heterocycles. The Bertz CT molecular complexity index is 858. The molecule has 1 N–H and O–H groups in total. The van der Waals surface area contributed by atoms with E-state index in [-0.39, 0.29) is 35.2 Å². The molecule has 0 aliphatic carbocycles. The van der Waals surface area contributed by atoms with Crippen LogP contribution >= 0.6 is 0 Å². The molecule has 25 heavy (non-hydrogen) atoms. The number of aromatic nitrogens is 2. The SMILES string of the molecule is C[n+]1ccn(CC(=O)c2ccc(NC(=O)c3ccccc3)cc2)c1.[Br-]. The number of anilines is 1. The molecule has 1 amide bonds. The number of amides is 1. The van der Waals surface area contributed by atoms with Crippen LogP contribution in [0, 0.1) is 0 Å². The van der Waals surface area contributed by atoms with Crippen molar-refractivity contribution in [1.29, 1.82) is 0 Å². The van der Waals surface area contributed by atoms with Crippen LogP contribution in [0.2, 0.25) is 0 Å². The fourth-order valence-electron chi connectivity index (χ4n) is 2.38. The van der Waals surface area contributed by atoms with E-state index < -0.39 is 0 Å². The molecule has 0 saturated heterocycles. The summed E-state index contributed by atoms with van der Waals surface area (Å²) in [6, 6.07) is 15.9. The van der Waals surface area contributed by atoms with E-state index in [0.717, 1.165) is 0 Å². The van der Waals surface area contributed by atoms with Crippen molar-refractivity contribution in [3.05, 3.63) is 84.4 Å². The van der Waals surface area contributed by atoms with E-state index in [1.54, 1.807) is 36.4 Å². The topological polar surface area (TPSA) is 55.0 Å². The molecule has 6 heteroatoms. The van der Waals surface area contributed by atoms with E-state index >= 15 is 0 Å². The smallest absolute Gasteiger partial charge is 0.255 e. The van der Waals surface area contributed by atoms with Gasteiger partial charge in [0.25, 0.3) is 5.91 Å². The number of nitrogens with one attached hydrogen (secondary N) is 1. The predicted octanol–water partition coefficient (Wildman–Crippen LogP) is -0.548. The lowest BCUT2D eigenvalue weighted by Crippen LogP contribution is -3.00. The lowest BCUT2D eigenvalue weighted by molar-refractivity contribution is -0.671. The monoisotopic (exact) mass is 399 g/mol. The minimum Gasteiger partial charge on any atom is -1.00 e. The van der Waals surface area contributed by atoms with Gasteiger partial charge in [0.1, 0.15) is 12.4 Å². The molecular weight excluding hydrogens is 382 g/mol. The van der Waals surface area contributed by atoms with Crippen LogP contribution in [0.15, 0.2) is 73.3 Å². The summed E-state index contributed by atoms with van der Waals surface area (Å²) in [5, 5.41) is 2.82. The molecule has 128 valence electrons. The largest absolute Gasteiger partial charge is 1.00 e. The van der Waals surface area contributed by atoms with E-state index in [9.17, 15) is 9.59 Å². The molecule has 0 aliphatic rings. The van der Waals surface area contributed by atoms with Gasteiger partial charge in [0.05, 0.1) is 7.05 Å². The number of carbonyl (C=O) groups is 2. The first-order valence-corrected chi connectivity index (χ1v) is 7.62. The van der Waals surface area contributed by atoms with Gasteiger partial charge in [-0.25, -0.2) is 9.13 Å². The zero-order valence-corrected chi connectivity index (χ0v) is 15.3. The number of halogens is 1. The second-order valence-corrected chi connectivity index (χ2v) is 5.57. The molecule has 0 saturated carbocycles. The van der Waals surface area contributed by atoms with Crippen molar-refractivity contribution in [2.75, 3.05) is 5.32 Å². The zero-order valence-electron chi connectivity index (χ0n) is 13.7. The Morgan fingerprint density at radius 1 is 1.00 bits per heavy atom. The third kappa shape index (κ3) is 4.87. The number of carbonyl (C=O) groups excluding carboxylic acids is 2. The number of hydrogen-bond donors (Lipinski definition) is 1. The van der Waals surface area contributed by atoms with Gasteiger partial charge in [-0.2, -0.15) is 0 Å². The summed E-state index contributed by atoms with van der Waals surface area (Å²) in [4.78, 5) is 24.4. The Balaban J connectivity index is 0.00000225. The van der Waals surface area contributed by atoms with Crippen LogP contribution < -0.4 is 26.9 Å². The van der Waals surface area contributed by atoms with Gasteiger partial charge in [-0.3, -0.25) is 9.59 Å². The Kier molecular flexibility index (Phi) is 6.25. The summed E-state index contributed by atoms with van der Waals surface area (Å²) in [5.74, 6) is -0.151. The molecule has 1 aromatic heterocycles. The van der Waals surface area contributed by atoms with Crippen molar-refractivity contribution in [3.8, 4) is 0 Å². The fraction of sp³-hybridized carbons (Fsp3) is 0.105. The Hall–Kier alpha value is -2.73. The molecule has 3 rings (SSSR count). The third-order valence-electron chi connectivity index (χ3n) is 3.65. The average Bonchev–Trinajstić information content (AvgIpc) is 3.01. The lowest BCUT2D eigenvalue weighted by atomic mass is 10.1. The van der Waals surface area contributed by atoms with Gasteiger partial charge >= 0.3 is 0 Å². The predicted molar refractivity (Wildman–Crippen MR) is 90.8 cm³/mol. The highest BCUT2D eigenvalue weighted by Crippen LogP contribution is 2.12. The van der Waals surface area contributed by atoms with Gasteiger partial charge in [0, 0.05) is 16.8 Å². The molecule has 3 aromatic rings. The van der Waals surface area contributed by atoms with Crippen molar-refractivity contribution in [2.45, 2.75) is 6.54 Å². The second-order valence-electron chi connectivity index (χ2n) is 5.57. The zero-order chi connectivity index (χ0) is 16.9. The number of hydrogen-bond acceptors (Lipinski definition) is 2. The summed E-state index contributed by atoms with van der Waals surface area (Å²) >= 11 is 0. The maximum atomic E-state index is 12.3. The Labute approximate surface area is 156 Å². The number of imidazole rings is 1. The van der Waals surface area contributed by atoms with Crippen LogP contribution in [0.5, 0.6) is 0 Å². The van der Waals surface area contributed by atoms with Crippen molar-refractivity contribution >= 4 is 17.4 Å². The minimum atomic E-state index is -0.172. The van der Waals surface area contributed by atoms with Crippen molar-refractivity contribution in [1.82, 2.24) is 4.57 Å². The first kappa shape index (κ1) is 18.6. The van der Waals surface area contributed by atoms with Crippen molar-refractivity contribution in [3.63, 3.8) is 0 Å². The van der Waals surface area contributed by atoms with E-state index in [4.69, 9.17) is 0 Å². The Morgan fingerprint density at radius 3 is 2.28 bits per heavy atom. The van der Waals surface area contributed by atoms with E-state index in [1.165, 1.54) is 0 Å². The van der Waals surface area contributed by atoms with Gasteiger partial charge in [0.2, 0.25) is 12.1 Å². The molecular formula is C19H18BrN3O2.